The molecule has 4 rings (SSSR count). The molecule has 2 aromatic rings. The van der Waals surface area contributed by atoms with Crippen molar-refractivity contribution in [1.82, 2.24) is 14.7 Å². The van der Waals surface area contributed by atoms with Gasteiger partial charge in [0.15, 0.2) is 0 Å². The van der Waals surface area contributed by atoms with E-state index in [0.717, 1.165) is 57.9 Å². The lowest BCUT2D eigenvalue weighted by molar-refractivity contribution is -0.133. The SMILES string of the molecule is O=C(CN1CCN(CCOc2ccccc2)CC1)N1CCCC1c1cccs1. The largest absolute Gasteiger partial charge is 0.492 e. The summed E-state index contributed by atoms with van der Waals surface area (Å²) in [5.74, 6) is 1.22. The Balaban J connectivity index is 1.18. The number of para-hydroxylation sites is 1. The molecular formula is C22H29N3O2S. The van der Waals surface area contributed by atoms with Gasteiger partial charge in [0.2, 0.25) is 5.91 Å². The maximum Gasteiger partial charge on any atom is 0.237 e. The lowest BCUT2D eigenvalue weighted by Gasteiger charge is -2.35. The van der Waals surface area contributed by atoms with Crippen LogP contribution in [0.2, 0.25) is 0 Å². The van der Waals surface area contributed by atoms with Crippen molar-refractivity contribution in [2.45, 2.75) is 18.9 Å². The molecule has 0 saturated carbocycles. The minimum Gasteiger partial charge on any atom is -0.492 e. The minimum atomic E-state index is 0.289. The number of nitrogens with zero attached hydrogens (tertiary/aromatic N) is 3. The van der Waals surface area contributed by atoms with Crippen molar-refractivity contribution in [2.75, 3.05) is 52.4 Å². The molecule has 1 atom stereocenters. The number of hydrogen-bond acceptors (Lipinski definition) is 5. The van der Waals surface area contributed by atoms with Crippen molar-refractivity contribution in [3.63, 3.8) is 0 Å². The van der Waals surface area contributed by atoms with Crippen molar-refractivity contribution in [3.05, 3.63) is 52.7 Å². The third-order valence-electron chi connectivity index (χ3n) is 5.69. The van der Waals surface area contributed by atoms with Crippen LogP contribution < -0.4 is 4.74 Å². The fourth-order valence-corrected chi connectivity index (χ4v) is 4.98. The van der Waals surface area contributed by atoms with Gasteiger partial charge in [-0.1, -0.05) is 24.3 Å². The van der Waals surface area contributed by atoms with Crippen molar-refractivity contribution in [2.24, 2.45) is 0 Å². The summed E-state index contributed by atoms with van der Waals surface area (Å²) in [4.78, 5) is 21.0. The van der Waals surface area contributed by atoms with Crippen LogP contribution in [0.5, 0.6) is 5.75 Å². The first kappa shape index (κ1) is 19.4. The number of amides is 1. The number of ether oxygens (including phenoxy) is 1. The molecule has 0 aliphatic carbocycles. The summed E-state index contributed by atoms with van der Waals surface area (Å²) >= 11 is 1.77. The van der Waals surface area contributed by atoms with Gasteiger partial charge in [0.1, 0.15) is 12.4 Å². The lowest BCUT2D eigenvalue weighted by Crippen LogP contribution is -2.50. The monoisotopic (exact) mass is 399 g/mol. The van der Waals surface area contributed by atoms with Gasteiger partial charge in [0, 0.05) is 44.1 Å². The van der Waals surface area contributed by atoms with E-state index < -0.39 is 0 Å². The maximum absolute atomic E-state index is 12.9. The van der Waals surface area contributed by atoms with Crippen LogP contribution in [0.4, 0.5) is 0 Å². The van der Waals surface area contributed by atoms with Crippen LogP contribution in [0.25, 0.3) is 0 Å². The van der Waals surface area contributed by atoms with E-state index in [1.54, 1.807) is 11.3 Å². The quantitative estimate of drug-likeness (QED) is 0.717. The molecule has 1 unspecified atom stereocenters. The number of carbonyl (C=O) groups is 1. The van der Waals surface area contributed by atoms with Gasteiger partial charge >= 0.3 is 0 Å². The van der Waals surface area contributed by atoms with Gasteiger partial charge < -0.3 is 9.64 Å². The molecule has 2 aliphatic heterocycles. The molecule has 0 radical (unpaired) electrons. The highest BCUT2D eigenvalue weighted by Crippen LogP contribution is 2.34. The van der Waals surface area contributed by atoms with Crippen LogP contribution in [0, 0.1) is 0 Å². The van der Waals surface area contributed by atoms with Gasteiger partial charge in [-0.3, -0.25) is 14.6 Å². The molecule has 0 N–H and O–H groups in total. The van der Waals surface area contributed by atoms with E-state index in [-0.39, 0.29) is 5.91 Å². The van der Waals surface area contributed by atoms with Crippen LogP contribution in [-0.2, 0) is 4.79 Å². The number of piperazine rings is 1. The summed E-state index contributed by atoms with van der Waals surface area (Å²) in [6.07, 6.45) is 2.21. The average Bonchev–Trinajstić information content (AvgIpc) is 3.42. The number of thiophene rings is 1. The molecule has 2 fully saturated rings. The normalized spacial score (nSPS) is 21.1. The molecule has 2 aliphatic rings. The topological polar surface area (TPSA) is 36.0 Å². The smallest absolute Gasteiger partial charge is 0.237 e. The number of carbonyl (C=O) groups excluding carboxylic acids is 1. The molecule has 5 nitrogen and oxygen atoms in total. The third-order valence-corrected chi connectivity index (χ3v) is 6.66. The molecule has 1 aromatic carbocycles. The fourth-order valence-electron chi connectivity index (χ4n) is 4.10. The van der Waals surface area contributed by atoms with Crippen molar-refractivity contribution in [1.29, 1.82) is 0 Å². The predicted molar refractivity (Wildman–Crippen MR) is 113 cm³/mol. The fraction of sp³-hybridized carbons (Fsp3) is 0.500. The Bertz CT molecular complexity index is 730. The Morgan fingerprint density at radius 1 is 1.00 bits per heavy atom. The molecule has 1 aromatic heterocycles. The first-order chi connectivity index (χ1) is 13.8. The van der Waals surface area contributed by atoms with E-state index in [0.29, 0.717) is 19.2 Å². The molecule has 3 heterocycles. The third kappa shape index (κ3) is 4.93. The highest BCUT2D eigenvalue weighted by atomic mass is 32.1. The number of hydrogen-bond donors (Lipinski definition) is 0. The average molecular weight is 400 g/mol. The van der Waals surface area contributed by atoms with Gasteiger partial charge in [-0.15, -0.1) is 11.3 Å². The Hall–Kier alpha value is -1.89. The van der Waals surface area contributed by atoms with Gasteiger partial charge in [-0.05, 0) is 36.4 Å². The first-order valence-corrected chi connectivity index (χ1v) is 11.1. The van der Waals surface area contributed by atoms with Crippen molar-refractivity contribution >= 4 is 17.2 Å². The highest BCUT2D eigenvalue weighted by Gasteiger charge is 2.31. The zero-order valence-corrected chi connectivity index (χ0v) is 17.2. The summed E-state index contributed by atoms with van der Waals surface area (Å²) in [5, 5.41) is 2.11. The van der Waals surface area contributed by atoms with Crippen LogP contribution in [0.15, 0.2) is 47.8 Å². The molecule has 1 amide bonds. The van der Waals surface area contributed by atoms with E-state index in [9.17, 15) is 4.79 Å². The van der Waals surface area contributed by atoms with E-state index in [1.807, 2.05) is 30.3 Å². The molecule has 0 bridgehead atoms. The Morgan fingerprint density at radius 2 is 1.79 bits per heavy atom. The van der Waals surface area contributed by atoms with Crippen LogP contribution in [-0.4, -0.2) is 73.0 Å². The summed E-state index contributed by atoms with van der Waals surface area (Å²) in [7, 11) is 0. The maximum atomic E-state index is 12.9. The molecular weight excluding hydrogens is 370 g/mol. The predicted octanol–water partition coefficient (Wildman–Crippen LogP) is 3.11. The Morgan fingerprint density at radius 3 is 2.54 bits per heavy atom. The minimum absolute atomic E-state index is 0.289. The van der Waals surface area contributed by atoms with Crippen LogP contribution in [0.3, 0.4) is 0 Å². The van der Waals surface area contributed by atoms with Crippen LogP contribution in [0.1, 0.15) is 23.8 Å². The standard InChI is InChI=1S/C22H29N3O2S/c26-22(25-10-4-8-20(25)21-9-5-17-28-21)18-24-13-11-23(12-14-24)15-16-27-19-6-2-1-3-7-19/h1-3,5-7,9,17,20H,4,8,10-16,18H2. The van der Waals surface area contributed by atoms with Gasteiger partial charge in [0.25, 0.3) is 0 Å². The number of benzene rings is 1. The Labute approximate surface area is 171 Å². The van der Waals surface area contributed by atoms with E-state index in [4.69, 9.17) is 4.74 Å². The van der Waals surface area contributed by atoms with E-state index >= 15 is 0 Å². The second-order valence-corrected chi connectivity index (χ2v) is 8.52. The first-order valence-electron chi connectivity index (χ1n) is 10.2. The molecule has 2 saturated heterocycles. The molecule has 0 spiro atoms. The highest BCUT2D eigenvalue weighted by molar-refractivity contribution is 7.10. The van der Waals surface area contributed by atoms with Gasteiger partial charge in [0.05, 0.1) is 12.6 Å². The summed E-state index contributed by atoms with van der Waals surface area (Å²) in [6.45, 7) is 7.00. The van der Waals surface area contributed by atoms with Crippen molar-refractivity contribution in [3.8, 4) is 5.75 Å². The summed E-state index contributed by atoms with van der Waals surface area (Å²) in [6, 6.07) is 14.5. The second-order valence-electron chi connectivity index (χ2n) is 7.54. The number of rotatable bonds is 7. The molecule has 6 heteroatoms. The van der Waals surface area contributed by atoms with Gasteiger partial charge in [-0.2, -0.15) is 0 Å². The zero-order chi connectivity index (χ0) is 19.2. The zero-order valence-electron chi connectivity index (χ0n) is 16.3. The molecule has 150 valence electrons. The number of likely N-dealkylation sites (tertiary alicyclic amines) is 1. The van der Waals surface area contributed by atoms with E-state index in [1.165, 1.54) is 4.88 Å². The summed E-state index contributed by atoms with van der Waals surface area (Å²) in [5.41, 5.74) is 0. The van der Waals surface area contributed by atoms with Crippen LogP contribution >= 0.6 is 11.3 Å². The second kappa shape index (κ2) is 9.54. The van der Waals surface area contributed by atoms with Crippen molar-refractivity contribution < 1.29 is 9.53 Å². The van der Waals surface area contributed by atoms with E-state index in [2.05, 4.69) is 32.2 Å². The molecule has 28 heavy (non-hydrogen) atoms. The lowest BCUT2D eigenvalue weighted by atomic mass is 10.2. The van der Waals surface area contributed by atoms with Gasteiger partial charge in [-0.25, -0.2) is 0 Å². The summed E-state index contributed by atoms with van der Waals surface area (Å²) < 4.78 is 5.80. The Kier molecular flexibility index (Phi) is 6.62.